The topological polar surface area (TPSA) is 91.6 Å². The molecule has 0 radical (unpaired) electrons. The van der Waals surface area contributed by atoms with E-state index >= 15 is 0 Å². The molecule has 0 bridgehead atoms. The summed E-state index contributed by atoms with van der Waals surface area (Å²) >= 11 is 0.623. The van der Waals surface area contributed by atoms with E-state index in [1.165, 1.54) is 39.3 Å². The number of aliphatic imine (C=N–C) groups is 2. The first-order valence-corrected chi connectivity index (χ1v) is 16.3. The maximum Gasteiger partial charge on any atom is 0.400 e. The maximum atomic E-state index is 14.2. The number of anilines is 2. The normalized spacial score (nSPS) is 12.5. The largest absolute Gasteiger partial charge is 0.400 e. The summed E-state index contributed by atoms with van der Waals surface area (Å²) in [5, 5.41) is 5.54. The van der Waals surface area contributed by atoms with Crippen molar-refractivity contribution in [3.8, 4) is 0 Å². The summed E-state index contributed by atoms with van der Waals surface area (Å²) < 4.78 is 115. The minimum absolute atomic E-state index is 0. The standard InChI is InChI=1S/C16H15F4N3OS.C16H15F4N3S.2CH4/c1-10-6-12(17)13(7-14(10)25(24)9-16(18,19)20)23-15(21-2)11-4-3-5-22-8-11;1-10-6-12(17)13(7-14(10)24-9-16(18,19)20)23-15(21-2)11-4-3-5-22-8-11;;/h3-8H,9H2,1-2H3,(H,21,23);3-8H,9H2,1-2H3,(H,21,23);2*1H4. The van der Waals surface area contributed by atoms with Crippen LogP contribution in [0.15, 0.2) is 93.1 Å². The van der Waals surface area contributed by atoms with Crippen LogP contribution in [0.3, 0.4) is 0 Å². The summed E-state index contributed by atoms with van der Waals surface area (Å²) in [5.74, 6) is -3.11. The molecule has 7 nitrogen and oxygen atoms in total. The van der Waals surface area contributed by atoms with E-state index in [0.29, 0.717) is 39.2 Å². The molecule has 0 amide bonds. The van der Waals surface area contributed by atoms with Gasteiger partial charge in [-0.2, -0.15) is 26.3 Å². The van der Waals surface area contributed by atoms with Crippen molar-refractivity contribution in [2.45, 2.75) is 50.8 Å². The van der Waals surface area contributed by atoms with Crippen LogP contribution in [0.5, 0.6) is 0 Å². The predicted molar refractivity (Wildman–Crippen MR) is 190 cm³/mol. The number of benzene rings is 2. The molecule has 0 saturated carbocycles. The molecule has 2 N–H and O–H groups in total. The molecule has 4 rings (SSSR count). The molecule has 0 aliphatic rings. The van der Waals surface area contributed by atoms with Crippen molar-refractivity contribution in [2.75, 3.05) is 36.2 Å². The summed E-state index contributed by atoms with van der Waals surface area (Å²) in [5.41, 5.74) is 1.80. The third-order valence-corrected chi connectivity index (χ3v) is 9.03. The van der Waals surface area contributed by atoms with Crippen LogP contribution < -0.4 is 10.6 Å². The Hall–Kier alpha value is -4.38. The second kappa shape index (κ2) is 19.9. The Morgan fingerprint density at radius 3 is 1.65 bits per heavy atom. The van der Waals surface area contributed by atoms with Crippen molar-refractivity contribution in [3.63, 3.8) is 0 Å². The number of aromatic nitrogens is 2. The zero-order valence-corrected chi connectivity index (χ0v) is 28.0. The second-order valence-corrected chi connectivity index (χ2v) is 12.5. The number of hydrogen-bond donors (Lipinski definition) is 2. The number of thioether (sulfide) groups is 1. The number of nitrogens with one attached hydrogen (secondary N) is 2. The first kappa shape index (κ1) is 44.6. The lowest BCUT2D eigenvalue weighted by Gasteiger charge is -2.14. The van der Waals surface area contributed by atoms with Crippen LogP contribution in [0.2, 0.25) is 0 Å². The van der Waals surface area contributed by atoms with E-state index in [1.54, 1.807) is 49.8 Å². The fraction of sp³-hybridized carbons (Fsp3) is 0.294. The molecule has 0 aliphatic carbocycles. The van der Waals surface area contributed by atoms with Crippen LogP contribution >= 0.6 is 11.8 Å². The van der Waals surface area contributed by atoms with Crippen LogP contribution in [0.1, 0.15) is 37.1 Å². The highest BCUT2D eigenvalue weighted by Crippen LogP contribution is 2.33. The summed E-state index contributed by atoms with van der Waals surface area (Å²) in [7, 11) is 0.677. The zero-order valence-electron chi connectivity index (χ0n) is 26.4. The van der Waals surface area contributed by atoms with Gasteiger partial charge in [-0.3, -0.25) is 24.2 Å². The van der Waals surface area contributed by atoms with Gasteiger partial charge >= 0.3 is 12.4 Å². The molecule has 0 saturated heterocycles. The molecular formula is C34H38F8N6OS2. The van der Waals surface area contributed by atoms with Gasteiger partial charge in [-0.05, 0) is 73.5 Å². The average Bonchev–Trinajstić information content (AvgIpc) is 3.03. The average molecular weight is 763 g/mol. The van der Waals surface area contributed by atoms with Gasteiger partial charge in [0.15, 0.2) is 0 Å². The predicted octanol–water partition coefficient (Wildman–Crippen LogP) is 9.63. The Bertz CT molecular complexity index is 1800. The Labute approximate surface area is 298 Å². The molecule has 2 heterocycles. The van der Waals surface area contributed by atoms with E-state index in [-0.39, 0.29) is 42.5 Å². The molecule has 1 atom stereocenters. The van der Waals surface area contributed by atoms with Crippen LogP contribution in [0.25, 0.3) is 0 Å². The number of aryl methyl sites for hydroxylation is 2. The van der Waals surface area contributed by atoms with E-state index < -0.39 is 46.3 Å². The van der Waals surface area contributed by atoms with Crippen molar-refractivity contribution in [1.82, 2.24) is 9.97 Å². The van der Waals surface area contributed by atoms with E-state index in [0.717, 1.165) is 12.1 Å². The number of hydrogen-bond acceptors (Lipinski definition) is 6. The molecule has 0 fully saturated rings. The Kier molecular flexibility index (Phi) is 17.4. The van der Waals surface area contributed by atoms with E-state index in [9.17, 15) is 39.3 Å². The highest BCUT2D eigenvalue weighted by molar-refractivity contribution is 7.99. The first-order chi connectivity index (χ1) is 23.0. The van der Waals surface area contributed by atoms with Gasteiger partial charge in [0, 0.05) is 59.8 Å². The summed E-state index contributed by atoms with van der Waals surface area (Å²) in [6, 6.07) is 11.5. The van der Waals surface area contributed by atoms with E-state index in [4.69, 9.17) is 0 Å². The van der Waals surface area contributed by atoms with Crippen LogP contribution in [-0.2, 0) is 10.8 Å². The van der Waals surface area contributed by atoms with Gasteiger partial charge in [0.05, 0.1) is 27.9 Å². The van der Waals surface area contributed by atoms with Gasteiger partial charge < -0.3 is 10.6 Å². The minimum atomic E-state index is -4.58. The molecule has 0 spiro atoms. The Morgan fingerprint density at radius 1 is 0.765 bits per heavy atom. The van der Waals surface area contributed by atoms with Crippen molar-refractivity contribution < 1.29 is 39.3 Å². The SMILES string of the molecule is C.C.CN=C(Nc1cc(S(=O)CC(F)(F)F)c(C)cc1F)c1cccnc1.CN=C(Nc1cc(SCC(F)(F)F)c(C)cc1F)c1cccnc1. The number of rotatable bonds is 8. The number of nitrogens with zero attached hydrogens (tertiary/aromatic N) is 4. The van der Waals surface area contributed by atoms with Crippen molar-refractivity contribution in [1.29, 1.82) is 0 Å². The number of halogens is 8. The maximum absolute atomic E-state index is 14.2. The molecule has 278 valence electrons. The number of alkyl halides is 6. The van der Waals surface area contributed by atoms with Gasteiger partial charge in [-0.25, -0.2) is 8.78 Å². The third kappa shape index (κ3) is 14.0. The van der Waals surface area contributed by atoms with Gasteiger partial charge in [0.2, 0.25) is 0 Å². The minimum Gasteiger partial charge on any atom is -0.338 e. The molecule has 17 heteroatoms. The second-order valence-electron chi connectivity index (χ2n) is 10.1. The summed E-state index contributed by atoms with van der Waals surface area (Å²) in [6.45, 7) is 2.98. The highest BCUT2D eigenvalue weighted by Gasteiger charge is 2.32. The monoisotopic (exact) mass is 762 g/mol. The number of pyridine rings is 2. The Balaban J connectivity index is 0.000000491. The van der Waals surface area contributed by atoms with Gasteiger partial charge in [0.25, 0.3) is 0 Å². The molecule has 2 aromatic carbocycles. The molecule has 2 aromatic heterocycles. The zero-order chi connectivity index (χ0) is 36.4. The molecular weight excluding hydrogens is 725 g/mol. The summed E-state index contributed by atoms with van der Waals surface area (Å²) in [4.78, 5) is 16.2. The van der Waals surface area contributed by atoms with Gasteiger partial charge in [-0.15, -0.1) is 11.8 Å². The molecule has 0 aliphatic heterocycles. The van der Waals surface area contributed by atoms with Crippen LogP contribution in [0, 0.1) is 25.5 Å². The van der Waals surface area contributed by atoms with Crippen LogP contribution in [0.4, 0.5) is 46.5 Å². The van der Waals surface area contributed by atoms with Gasteiger partial charge in [0.1, 0.15) is 29.1 Å². The fourth-order valence-corrected chi connectivity index (χ4v) is 5.99. The lowest BCUT2D eigenvalue weighted by molar-refractivity contribution is -0.106. The fourth-order valence-electron chi connectivity index (χ4n) is 4.06. The van der Waals surface area contributed by atoms with E-state index in [2.05, 4.69) is 30.6 Å². The third-order valence-electron chi connectivity index (χ3n) is 6.28. The van der Waals surface area contributed by atoms with Crippen molar-refractivity contribution >= 4 is 45.6 Å². The first-order valence-electron chi connectivity index (χ1n) is 14.0. The number of amidine groups is 2. The quantitative estimate of drug-likeness (QED) is 0.0805. The Morgan fingerprint density at radius 2 is 1.24 bits per heavy atom. The van der Waals surface area contributed by atoms with Crippen LogP contribution in [-0.4, -0.2) is 63.8 Å². The molecule has 1 unspecified atom stereocenters. The van der Waals surface area contributed by atoms with Crippen molar-refractivity contribution in [2.24, 2.45) is 9.98 Å². The summed E-state index contributed by atoms with van der Waals surface area (Å²) in [6.07, 6.45) is -2.66. The molecule has 4 aromatic rings. The van der Waals surface area contributed by atoms with E-state index in [1.807, 2.05) is 0 Å². The smallest absolute Gasteiger partial charge is 0.338 e. The van der Waals surface area contributed by atoms with Crippen molar-refractivity contribution in [3.05, 3.63) is 107 Å². The lowest BCUT2D eigenvalue weighted by Crippen LogP contribution is -2.20. The lowest BCUT2D eigenvalue weighted by atomic mass is 10.2. The molecule has 51 heavy (non-hydrogen) atoms. The van der Waals surface area contributed by atoms with Gasteiger partial charge in [-0.1, -0.05) is 14.9 Å². The highest BCUT2D eigenvalue weighted by atomic mass is 32.2.